The third-order valence-corrected chi connectivity index (χ3v) is 4.45. The van der Waals surface area contributed by atoms with Crippen LogP contribution in [0.1, 0.15) is 39.0 Å². The summed E-state index contributed by atoms with van der Waals surface area (Å²) in [5, 5.41) is 0. The summed E-state index contributed by atoms with van der Waals surface area (Å²) in [5.74, 6) is 0.984. The molecule has 0 radical (unpaired) electrons. The molecule has 2 fully saturated rings. The van der Waals surface area contributed by atoms with Crippen molar-refractivity contribution in [2.75, 3.05) is 33.2 Å². The molecule has 2 saturated heterocycles. The molecule has 2 aliphatic rings. The van der Waals surface area contributed by atoms with E-state index in [9.17, 15) is 0 Å². The zero-order chi connectivity index (χ0) is 10.7. The predicted molar refractivity (Wildman–Crippen MR) is 65.1 cm³/mol. The minimum atomic E-state index is 0.901. The lowest BCUT2D eigenvalue weighted by Gasteiger charge is -2.42. The van der Waals surface area contributed by atoms with Crippen molar-refractivity contribution in [2.24, 2.45) is 5.92 Å². The summed E-state index contributed by atoms with van der Waals surface area (Å²) in [6, 6.07) is 0.901. The van der Waals surface area contributed by atoms with Gasteiger partial charge >= 0.3 is 0 Å². The van der Waals surface area contributed by atoms with Crippen LogP contribution >= 0.6 is 0 Å². The fourth-order valence-corrected chi connectivity index (χ4v) is 3.35. The molecule has 0 aromatic carbocycles. The topological polar surface area (TPSA) is 6.48 Å². The zero-order valence-electron chi connectivity index (χ0n) is 10.4. The van der Waals surface area contributed by atoms with Crippen LogP contribution in [-0.4, -0.2) is 49.1 Å². The van der Waals surface area contributed by atoms with E-state index >= 15 is 0 Å². The third-order valence-electron chi connectivity index (χ3n) is 4.45. The van der Waals surface area contributed by atoms with Crippen LogP contribution in [0.5, 0.6) is 0 Å². The van der Waals surface area contributed by atoms with Gasteiger partial charge in [-0.1, -0.05) is 13.3 Å². The Labute approximate surface area is 94.6 Å². The average molecular weight is 210 g/mol. The lowest BCUT2D eigenvalue weighted by atomic mass is 9.84. The van der Waals surface area contributed by atoms with Crippen LogP contribution in [0.25, 0.3) is 0 Å². The molecule has 2 nitrogen and oxygen atoms in total. The van der Waals surface area contributed by atoms with Gasteiger partial charge < -0.3 is 9.80 Å². The highest BCUT2D eigenvalue weighted by Gasteiger charge is 2.29. The first-order chi connectivity index (χ1) is 7.31. The van der Waals surface area contributed by atoms with Crippen LogP contribution in [-0.2, 0) is 0 Å². The van der Waals surface area contributed by atoms with Gasteiger partial charge in [0.2, 0.25) is 0 Å². The first kappa shape index (κ1) is 11.4. The minimum Gasteiger partial charge on any atom is -0.304 e. The van der Waals surface area contributed by atoms with Crippen molar-refractivity contribution in [3.05, 3.63) is 0 Å². The van der Waals surface area contributed by atoms with Crippen molar-refractivity contribution in [3.63, 3.8) is 0 Å². The summed E-state index contributed by atoms with van der Waals surface area (Å²) in [6.45, 7) is 7.54. The van der Waals surface area contributed by atoms with E-state index in [1.165, 1.54) is 58.3 Å². The van der Waals surface area contributed by atoms with Crippen LogP contribution in [0.3, 0.4) is 0 Å². The lowest BCUT2D eigenvalue weighted by Crippen LogP contribution is -2.46. The summed E-state index contributed by atoms with van der Waals surface area (Å²) in [6.07, 6.45) is 7.20. The predicted octanol–water partition coefficient (Wildman–Crippen LogP) is 2.20. The molecule has 0 spiro atoms. The second-order valence-corrected chi connectivity index (χ2v) is 5.32. The number of piperidine rings is 2. The van der Waals surface area contributed by atoms with Crippen LogP contribution in [0.2, 0.25) is 0 Å². The van der Waals surface area contributed by atoms with Crippen molar-refractivity contribution in [1.82, 2.24) is 9.80 Å². The molecular weight excluding hydrogens is 184 g/mol. The second-order valence-electron chi connectivity index (χ2n) is 5.32. The summed E-state index contributed by atoms with van der Waals surface area (Å²) in [4.78, 5) is 5.22. The van der Waals surface area contributed by atoms with Gasteiger partial charge in [0.1, 0.15) is 0 Å². The number of hydrogen-bond donors (Lipinski definition) is 0. The Balaban J connectivity index is 1.83. The smallest absolute Gasteiger partial charge is 0.0121 e. The van der Waals surface area contributed by atoms with E-state index < -0.39 is 0 Å². The highest BCUT2D eigenvalue weighted by molar-refractivity contribution is 4.84. The average Bonchev–Trinajstić information content (AvgIpc) is 2.30. The molecule has 88 valence electrons. The number of hydrogen-bond acceptors (Lipinski definition) is 2. The fraction of sp³-hybridized carbons (Fsp3) is 1.00. The van der Waals surface area contributed by atoms with Gasteiger partial charge in [0.25, 0.3) is 0 Å². The van der Waals surface area contributed by atoms with E-state index in [0.717, 1.165) is 12.0 Å². The van der Waals surface area contributed by atoms with E-state index in [1.54, 1.807) is 0 Å². The highest BCUT2D eigenvalue weighted by Crippen LogP contribution is 2.29. The van der Waals surface area contributed by atoms with Gasteiger partial charge in [0.15, 0.2) is 0 Å². The maximum absolute atomic E-state index is 2.62. The lowest BCUT2D eigenvalue weighted by molar-refractivity contribution is 0.0803. The number of nitrogens with zero attached hydrogens (tertiary/aromatic N) is 2. The molecule has 0 aromatic heterocycles. The maximum atomic E-state index is 2.62. The van der Waals surface area contributed by atoms with E-state index in [1.807, 2.05) is 0 Å². The first-order valence-corrected chi connectivity index (χ1v) is 6.74. The zero-order valence-corrected chi connectivity index (χ0v) is 10.4. The Bertz CT molecular complexity index is 185. The van der Waals surface area contributed by atoms with E-state index in [2.05, 4.69) is 23.8 Å². The molecule has 15 heavy (non-hydrogen) atoms. The Morgan fingerprint density at radius 3 is 2.33 bits per heavy atom. The van der Waals surface area contributed by atoms with Crippen LogP contribution < -0.4 is 0 Å². The largest absolute Gasteiger partial charge is 0.304 e. The molecule has 2 heteroatoms. The molecule has 0 amide bonds. The monoisotopic (exact) mass is 210 g/mol. The van der Waals surface area contributed by atoms with Gasteiger partial charge in [-0.2, -0.15) is 0 Å². The molecule has 0 bridgehead atoms. The van der Waals surface area contributed by atoms with Crippen molar-refractivity contribution in [1.29, 1.82) is 0 Å². The molecule has 0 N–H and O–H groups in total. The Morgan fingerprint density at radius 2 is 1.73 bits per heavy atom. The Hall–Kier alpha value is -0.0800. The van der Waals surface area contributed by atoms with Crippen molar-refractivity contribution in [2.45, 2.75) is 45.1 Å². The van der Waals surface area contributed by atoms with Crippen molar-refractivity contribution >= 4 is 0 Å². The molecule has 1 atom stereocenters. The molecule has 2 heterocycles. The standard InChI is InChI=1S/C13H26N2/c1-3-15-10-7-12(8-11-15)13-6-4-5-9-14(13)2/h12-13H,3-11H2,1-2H3. The van der Waals surface area contributed by atoms with Crippen molar-refractivity contribution in [3.8, 4) is 0 Å². The summed E-state index contributed by atoms with van der Waals surface area (Å²) < 4.78 is 0. The summed E-state index contributed by atoms with van der Waals surface area (Å²) in [5.41, 5.74) is 0. The van der Waals surface area contributed by atoms with Gasteiger partial charge in [-0.25, -0.2) is 0 Å². The maximum Gasteiger partial charge on any atom is 0.0121 e. The van der Waals surface area contributed by atoms with Crippen LogP contribution in [0.4, 0.5) is 0 Å². The van der Waals surface area contributed by atoms with E-state index in [4.69, 9.17) is 0 Å². The SMILES string of the molecule is CCN1CCC(C2CCCCN2C)CC1. The highest BCUT2D eigenvalue weighted by atomic mass is 15.2. The summed E-state index contributed by atoms with van der Waals surface area (Å²) >= 11 is 0. The molecule has 2 aliphatic heterocycles. The molecule has 0 aromatic rings. The van der Waals surface area contributed by atoms with Crippen LogP contribution in [0, 0.1) is 5.92 Å². The van der Waals surface area contributed by atoms with Gasteiger partial charge in [-0.3, -0.25) is 0 Å². The first-order valence-electron chi connectivity index (χ1n) is 6.74. The Morgan fingerprint density at radius 1 is 1.00 bits per heavy atom. The normalized spacial score (nSPS) is 32.0. The molecule has 2 rings (SSSR count). The quantitative estimate of drug-likeness (QED) is 0.689. The fourth-order valence-electron chi connectivity index (χ4n) is 3.35. The Kier molecular flexibility index (Phi) is 4.04. The van der Waals surface area contributed by atoms with Crippen molar-refractivity contribution < 1.29 is 0 Å². The van der Waals surface area contributed by atoms with Gasteiger partial charge in [-0.05, 0) is 64.8 Å². The van der Waals surface area contributed by atoms with E-state index in [0.29, 0.717) is 0 Å². The molecule has 0 aliphatic carbocycles. The van der Waals surface area contributed by atoms with Gasteiger partial charge in [0.05, 0.1) is 0 Å². The minimum absolute atomic E-state index is 0.901. The van der Waals surface area contributed by atoms with E-state index in [-0.39, 0.29) is 0 Å². The molecule has 0 saturated carbocycles. The molecule has 1 unspecified atom stereocenters. The third kappa shape index (κ3) is 2.73. The van der Waals surface area contributed by atoms with Gasteiger partial charge in [-0.15, -0.1) is 0 Å². The number of likely N-dealkylation sites (tertiary alicyclic amines) is 2. The van der Waals surface area contributed by atoms with Gasteiger partial charge in [0, 0.05) is 6.04 Å². The number of rotatable bonds is 2. The molecular formula is C13H26N2. The summed E-state index contributed by atoms with van der Waals surface area (Å²) in [7, 11) is 2.33. The van der Waals surface area contributed by atoms with Crippen LogP contribution in [0.15, 0.2) is 0 Å². The second kappa shape index (κ2) is 5.31.